The van der Waals surface area contributed by atoms with Crippen molar-refractivity contribution in [2.45, 2.75) is 63.0 Å². The Labute approximate surface area is 146 Å². The van der Waals surface area contributed by atoms with Crippen molar-refractivity contribution < 1.29 is 8.42 Å². The Balaban J connectivity index is 2.51. The van der Waals surface area contributed by atoms with E-state index in [2.05, 4.69) is 47.6 Å². The minimum Gasteiger partial charge on any atom is -0.223 e. The van der Waals surface area contributed by atoms with E-state index >= 15 is 0 Å². The topological polar surface area (TPSA) is 34.1 Å². The minimum absolute atomic E-state index is 0.0213. The summed E-state index contributed by atoms with van der Waals surface area (Å²) in [4.78, 5) is 0.378. The molecule has 0 aromatic heterocycles. The number of hydrogen-bond acceptors (Lipinski definition) is 2. The van der Waals surface area contributed by atoms with Crippen molar-refractivity contribution in [2.24, 2.45) is 0 Å². The van der Waals surface area contributed by atoms with Gasteiger partial charge in [0, 0.05) is 0 Å². The zero-order valence-corrected chi connectivity index (χ0v) is 16.4. The maximum absolute atomic E-state index is 12.7. The minimum atomic E-state index is -3.34. The fourth-order valence-corrected chi connectivity index (χ4v) is 3.92. The molecule has 2 aromatic rings. The first-order valence-corrected chi connectivity index (χ1v) is 9.97. The van der Waals surface area contributed by atoms with Crippen LogP contribution in [0.2, 0.25) is 0 Å². The van der Waals surface area contributed by atoms with Crippen LogP contribution in [0.4, 0.5) is 0 Å². The van der Waals surface area contributed by atoms with E-state index in [9.17, 15) is 8.42 Å². The lowest BCUT2D eigenvalue weighted by molar-refractivity contribution is 0.566. The van der Waals surface area contributed by atoms with Gasteiger partial charge in [0.1, 0.15) is 0 Å². The van der Waals surface area contributed by atoms with E-state index in [1.54, 1.807) is 24.3 Å². The van der Waals surface area contributed by atoms with Gasteiger partial charge in [0.15, 0.2) is 9.84 Å². The molecule has 0 spiro atoms. The van der Waals surface area contributed by atoms with E-state index in [0.29, 0.717) is 4.90 Å². The monoisotopic (exact) mass is 344 g/mol. The predicted octanol–water partition coefficient (Wildman–Crippen LogP) is 5.26. The second kappa shape index (κ2) is 6.36. The lowest BCUT2D eigenvalue weighted by Gasteiger charge is -2.26. The molecular weight excluding hydrogens is 316 g/mol. The molecule has 0 radical (unpaired) electrons. The number of hydrogen-bond donors (Lipinski definition) is 0. The summed E-state index contributed by atoms with van der Waals surface area (Å²) in [5.41, 5.74) is 3.16. The smallest absolute Gasteiger partial charge is 0.182 e. The highest BCUT2D eigenvalue weighted by Crippen LogP contribution is 2.31. The Morgan fingerprint density at radius 2 is 1.21 bits per heavy atom. The number of rotatable bonds is 3. The molecule has 0 N–H and O–H groups in total. The van der Waals surface area contributed by atoms with Crippen LogP contribution in [-0.4, -0.2) is 8.42 Å². The summed E-state index contributed by atoms with van der Waals surface area (Å²) in [6, 6.07) is 15.0. The first-order chi connectivity index (χ1) is 10.9. The summed E-state index contributed by atoms with van der Waals surface area (Å²) in [5, 5.41) is 0. The summed E-state index contributed by atoms with van der Waals surface area (Å²) < 4.78 is 25.4. The molecule has 0 saturated heterocycles. The Bertz CT molecular complexity index is 773. The molecule has 0 aliphatic heterocycles. The molecular formula is C21H28O2S. The Kier molecular flexibility index (Phi) is 4.96. The Hall–Kier alpha value is -1.61. The van der Waals surface area contributed by atoms with Crippen molar-refractivity contribution in [1.82, 2.24) is 0 Å². The van der Waals surface area contributed by atoms with Gasteiger partial charge in [0.25, 0.3) is 0 Å². The molecule has 0 unspecified atom stereocenters. The van der Waals surface area contributed by atoms with Crippen LogP contribution in [0.5, 0.6) is 0 Å². The molecule has 3 heteroatoms. The van der Waals surface area contributed by atoms with Crippen molar-refractivity contribution in [3.8, 4) is 0 Å². The SMILES string of the molecule is CC(C)(C)c1cc(CS(=O)(=O)c2ccccc2)cc(C(C)(C)C)c1. The average molecular weight is 345 g/mol. The van der Waals surface area contributed by atoms with Gasteiger partial charge in [0.2, 0.25) is 0 Å². The first kappa shape index (κ1) is 18.7. The van der Waals surface area contributed by atoms with Gasteiger partial charge >= 0.3 is 0 Å². The molecule has 0 bridgehead atoms. The van der Waals surface area contributed by atoms with Crippen molar-refractivity contribution >= 4 is 9.84 Å². The lowest BCUT2D eigenvalue weighted by Crippen LogP contribution is -2.18. The molecule has 0 aliphatic carbocycles. The van der Waals surface area contributed by atoms with Gasteiger partial charge in [0.05, 0.1) is 10.6 Å². The summed E-state index contributed by atoms with van der Waals surface area (Å²) in [5.74, 6) is 0.0318. The maximum Gasteiger partial charge on any atom is 0.182 e. The summed E-state index contributed by atoms with van der Waals surface area (Å²) in [6.07, 6.45) is 0. The van der Waals surface area contributed by atoms with Crippen LogP contribution in [0, 0.1) is 0 Å². The van der Waals surface area contributed by atoms with E-state index in [4.69, 9.17) is 0 Å². The van der Waals surface area contributed by atoms with Crippen molar-refractivity contribution in [1.29, 1.82) is 0 Å². The molecule has 130 valence electrons. The van der Waals surface area contributed by atoms with Crippen LogP contribution in [0.25, 0.3) is 0 Å². The van der Waals surface area contributed by atoms with Gasteiger partial charge in [-0.25, -0.2) is 8.42 Å². The predicted molar refractivity (Wildman–Crippen MR) is 101 cm³/mol. The highest BCUT2D eigenvalue weighted by Gasteiger charge is 2.22. The molecule has 0 aliphatic rings. The standard InChI is InChI=1S/C21H28O2S/c1-20(2,3)17-12-16(13-18(14-17)21(4,5)6)15-24(22,23)19-10-8-7-9-11-19/h7-14H,15H2,1-6H3. The van der Waals surface area contributed by atoms with Crippen molar-refractivity contribution in [3.05, 3.63) is 65.2 Å². The third-order valence-electron chi connectivity index (χ3n) is 4.18. The lowest BCUT2D eigenvalue weighted by atomic mass is 9.80. The van der Waals surface area contributed by atoms with E-state index in [-0.39, 0.29) is 16.6 Å². The normalized spacial score (nSPS) is 13.1. The van der Waals surface area contributed by atoms with Gasteiger partial charge in [-0.15, -0.1) is 0 Å². The van der Waals surface area contributed by atoms with E-state index < -0.39 is 9.84 Å². The largest absolute Gasteiger partial charge is 0.223 e. The summed E-state index contributed by atoms with van der Waals surface area (Å²) >= 11 is 0. The molecule has 0 heterocycles. The Morgan fingerprint density at radius 3 is 1.62 bits per heavy atom. The highest BCUT2D eigenvalue weighted by molar-refractivity contribution is 7.90. The average Bonchev–Trinajstić information content (AvgIpc) is 2.45. The number of sulfone groups is 1. The third kappa shape index (κ3) is 4.47. The van der Waals surface area contributed by atoms with E-state index in [0.717, 1.165) is 5.56 Å². The Morgan fingerprint density at radius 1 is 0.750 bits per heavy atom. The fraction of sp³-hybridized carbons (Fsp3) is 0.429. The van der Waals surface area contributed by atoms with E-state index in [1.807, 2.05) is 18.2 Å². The van der Waals surface area contributed by atoms with Crippen LogP contribution in [0.3, 0.4) is 0 Å². The molecule has 2 nitrogen and oxygen atoms in total. The van der Waals surface area contributed by atoms with Gasteiger partial charge in [-0.3, -0.25) is 0 Å². The highest BCUT2D eigenvalue weighted by atomic mass is 32.2. The molecule has 0 fully saturated rings. The van der Waals surface area contributed by atoms with Crippen LogP contribution in [0.15, 0.2) is 53.4 Å². The van der Waals surface area contributed by atoms with E-state index in [1.165, 1.54) is 11.1 Å². The summed E-state index contributed by atoms with van der Waals surface area (Å²) in [6.45, 7) is 12.9. The molecule has 0 saturated carbocycles. The van der Waals surface area contributed by atoms with Crippen LogP contribution >= 0.6 is 0 Å². The summed E-state index contributed by atoms with van der Waals surface area (Å²) in [7, 11) is -3.34. The van der Waals surface area contributed by atoms with Gasteiger partial charge in [-0.05, 0) is 39.7 Å². The molecule has 2 aromatic carbocycles. The van der Waals surface area contributed by atoms with Crippen LogP contribution in [0.1, 0.15) is 58.2 Å². The molecule has 0 amide bonds. The van der Waals surface area contributed by atoms with Gasteiger partial charge in [-0.2, -0.15) is 0 Å². The first-order valence-electron chi connectivity index (χ1n) is 8.32. The third-order valence-corrected chi connectivity index (χ3v) is 5.89. The molecule has 0 atom stereocenters. The van der Waals surface area contributed by atoms with Gasteiger partial charge < -0.3 is 0 Å². The second-order valence-corrected chi connectivity index (χ2v) is 10.5. The van der Waals surface area contributed by atoms with Crippen LogP contribution < -0.4 is 0 Å². The van der Waals surface area contributed by atoms with Crippen molar-refractivity contribution in [2.75, 3.05) is 0 Å². The van der Waals surface area contributed by atoms with Crippen LogP contribution in [-0.2, 0) is 26.4 Å². The zero-order valence-electron chi connectivity index (χ0n) is 15.6. The van der Waals surface area contributed by atoms with Gasteiger partial charge in [-0.1, -0.05) is 77.9 Å². The second-order valence-electron chi connectivity index (χ2n) is 8.49. The quantitative estimate of drug-likeness (QED) is 0.761. The fourth-order valence-electron chi connectivity index (χ4n) is 2.57. The van der Waals surface area contributed by atoms with Crippen molar-refractivity contribution in [3.63, 3.8) is 0 Å². The maximum atomic E-state index is 12.7. The molecule has 2 rings (SSSR count). The molecule has 24 heavy (non-hydrogen) atoms. The number of benzene rings is 2. The zero-order chi connectivity index (χ0) is 18.2.